The summed E-state index contributed by atoms with van der Waals surface area (Å²) in [6, 6.07) is 11.0. The van der Waals surface area contributed by atoms with Crippen LogP contribution in [0.15, 0.2) is 42.5 Å². The van der Waals surface area contributed by atoms with Gasteiger partial charge < -0.3 is 20.3 Å². The number of methoxy groups -OCH3 is 1. The average Bonchev–Trinajstić information content (AvgIpc) is 3.37. The van der Waals surface area contributed by atoms with Gasteiger partial charge in [0.05, 0.1) is 20.1 Å². The second kappa shape index (κ2) is 7.33. The van der Waals surface area contributed by atoms with E-state index in [-0.39, 0.29) is 41.8 Å². The first-order chi connectivity index (χ1) is 12.5. The number of ether oxygens (including phenoxy) is 1. The van der Waals surface area contributed by atoms with Crippen LogP contribution in [0.3, 0.4) is 0 Å². The fraction of sp³-hybridized carbons (Fsp3) is 0.350. The van der Waals surface area contributed by atoms with Gasteiger partial charge >= 0.3 is 0 Å². The van der Waals surface area contributed by atoms with Gasteiger partial charge in [0.1, 0.15) is 5.82 Å². The van der Waals surface area contributed by atoms with Crippen LogP contribution in [0.25, 0.3) is 0 Å². The molecule has 1 fully saturated rings. The van der Waals surface area contributed by atoms with Crippen LogP contribution in [0, 0.1) is 11.2 Å². The third kappa shape index (κ3) is 3.80. The van der Waals surface area contributed by atoms with Gasteiger partial charge in [-0.15, -0.1) is 0 Å². The highest BCUT2D eigenvalue weighted by molar-refractivity contribution is 5.79. The second-order valence-corrected chi connectivity index (χ2v) is 6.79. The minimum Gasteiger partial charge on any atom is -0.504 e. The van der Waals surface area contributed by atoms with Crippen molar-refractivity contribution < 1.29 is 24.1 Å². The zero-order valence-corrected chi connectivity index (χ0v) is 14.5. The van der Waals surface area contributed by atoms with E-state index in [2.05, 4.69) is 5.32 Å². The Balaban J connectivity index is 1.57. The van der Waals surface area contributed by atoms with Crippen LogP contribution in [-0.4, -0.2) is 36.4 Å². The fourth-order valence-corrected chi connectivity index (χ4v) is 3.29. The van der Waals surface area contributed by atoms with Crippen LogP contribution in [-0.2, 0) is 11.2 Å². The summed E-state index contributed by atoms with van der Waals surface area (Å²) in [5.41, 5.74) is 1.30. The number of hydrogen-bond donors (Lipinski definition) is 3. The van der Waals surface area contributed by atoms with Crippen LogP contribution in [0.5, 0.6) is 11.5 Å². The molecule has 2 aromatic rings. The first-order valence-electron chi connectivity index (χ1n) is 8.46. The van der Waals surface area contributed by atoms with E-state index in [1.165, 1.54) is 25.3 Å². The highest BCUT2D eigenvalue weighted by Crippen LogP contribution is 2.58. The lowest BCUT2D eigenvalue weighted by atomic mass is 9.99. The lowest BCUT2D eigenvalue weighted by molar-refractivity contribution is -0.120. The number of halogens is 1. The molecule has 1 saturated carbocycles. The Morgan fingerprint density at radius 1 is 1.31 bits per heavy atom. The molecule has 2 atom stereocenters. The van der Waals surface area contributed by atoms with Crippen LogP contribution in [0.4, 0.5) is 4.39 Å². The number of phenolic OH excluding ortho intramolecular Hbond substituents is 1. The molecule has 2 aromatic carbocycles. The van der Waals surface area contributed by atoms with Gasteiger partial charge in [0.25, 0.3) is 0 Å². The van der Waals surface area contributed by atoms with Crippen molar-refractivity contribution in [3.8, 4) is 11.5 Å². The highest BCUT2D eigenvalue weighted by Gasteiger charge is 2.54. The summed E-state index contributed by atoms with van der Waals surface area (Å²) in [6.45, 7) is 0.321. The molecular formula is C20H22FNO4. The Bertz CT molecular complexity index is 793. The summed E-state index contributed by atoms with van der Waals surface area (Å²) in [5.74, 6) is -0.00387. The quantitative estimate of drug-likeness (QED) is 0.709. The van der Waals surface area contributed by atoms with E-state index in [0.717, 1.165) is 17.5 Å². The van der Waals surface area contributed by atoms with E-state index in [1.54, 1.807) is 24.3 Å². The minimum absolute atomic E-state index is 0.0241. The number of hydrogen-bond acceptors (Lipinski definition) is 4. The minimum atomic E-state index is -0.389. The van der Waals surface area contributed by atoms with Gasteiger partial charge in [0, 0.05) is 12.0 Å². The molecule has 1 aliphatic rings. The van der Waals surface area contributed by atoms with Gasteiger partial charge in [-0.3, -0.25) is 4.79 Å². The van der Waals surface area contributed by atoms with Gasteiger partial charge in [-0.2, -0.15) is 0 Å². The normalized spacial score (nSPS) is 21.3. The van der Waals surface area contributed by atoms with Crippen LogP contribution < -0.4 is 10.1 Å². The SMILES string of the molecule is COc1cc(CC(=O)NCC2(CO)CC2c2ccc(F)cc2)ccc1O. The topological polar surface area (TPSA) is 78.8 Å². The standard InChI is InChI=1S/C20H22FNO4/c1-26-18-8-13(2-7-17(18)24)9-19(25)22-11-20(12-23)10-16(20)14-3-5-15(21)6-4-14/h2-8,16,23-24H,9-12H2,1H3,(H,22,25). The highest BCUT2D eigenvalue weighted by atomic mass is 19.1. The van der Waals surface area contributed by atoms with E-state index in [1.807, 2.05) is 0 Å². The molecule has 0 radical (unpaired) electrons. The zero-order valence-electron chi connectivity index (χ0n) is 14.5. The van der Waals surface area contributed by atoms with Crippen molar-refractivity contribution in [2.75, 3.05) is 20.3 Å². The number of aliphatic hydroxyl groups excluding tert-OH is 1. The number of carbonyl (C=O) groups is 1. The lowest BCUT2D eigenvalue weighted by Gasteiger charge is -2.16. The Hall–Kier alpha value is -2.60. The summed E-state index contributed by atoms with van der Waals surface area (Å²) in [7, 11) is 1.45. The van der Waals surface area contributed by atoms with E-state index >= 15 is 0 Å². The Morgan fingerprint density at radius 3 is 2.69 bits per heavy atom. The first-order valence-corrected chi connectivity index (χ1v) is 8.46. The third-order valence-electron chi connectivity index (χ3n) is 5.02. The Morgan fingerprint density at radius 2 is 2.04 bits per heavy atom. The van der Waals surface area contributed by atoms with Crippen molar-refractivity contribution in [3.63, 3.8) is 0 Å². The second-order valence-electron chi connectivity index (χ2n) is 6.79. The molecule has 0 saturated heterocycles. The van der Waals surface area contributed by atoms with Crippen molar-refractivity contribution in [1.29, 1.82) is 0 Å². The van der Waals surface area contributed by atoms with Crippen LogP contribution >= 0.6 is 0 Å². The van der Waals surface area contributed by atoms with E-state index < -0.39 is 0 Å². The van der Waals surface area contributed by atoms with Gasteiger partial charge in [-0.05, 0) is 47.7 Å². The number of aliphatic hydroxyl groups is 1. The van der Waals surface area contributed by atoms with E-state index in [4.69, 9.17) is 4.74 Å². The van der Waals surface area contributed by atoms with Crippen molar-refractivity contribution in [1.82, 2.24) is 5.32 Å². The van der Waals surface area contributed by atoms with Gasteiger partial charge in [-0.25, -0.2) is 4.39 Å². The molecule has 138 valence electrons. The largest absolute Gasteiger partial charge is 0.504 e. The van der Waals surface area contributed by atoms with Crippen molar-refractivity contribution in [3.05, 3.63) is 59.4 Å². The Labute approximate surface area is 151 Å². The maximum atomic E-state index is 13.1. The van der Waals surface area contributed by atoms with E-state index in [0.29, 0.717) is 12.3 Å². The molecule has 0 aromatic heterocycles. The molecule has 0 spiro atoms. The Kier molecular flexibility index (Phi) is 5.13. The number of amides is 1. The smallest absolute Gasteiger partial charge is 0.224 e. The molecule has 0 aliphatic heterocycles. The maximum absolute atomic E-state index is 13.1. The average molecular weight is 359 g/mol. The summed E-state index contributed by atoms with van der Waals surface area (Å²) in [6.07, 6.45) is 0.905. The summed E-state index contributed by atoms with van der Waals surface area (Å²) >= 11 is 0. The first kappa shape index (κ1) is 18.2. The number of phenols is 1. The molecule has 3 N–H and O–H groups in total. The van der Waals surface area contributed by atoms with Gasteiger partial charge in [-0.1, -0.05) is 18.2 Å². The molecule has 1 aliphatic carbocycles. The van der Waals surface area contributed by atoms with Crippen LogP contribution in [0.2, 0.25) is 0 Å². The molecule has 0 heterocycles. The molecule has 0 bridgehead atoms. The molecule has 6 heteroatoms. The number of carbonyl (C=O) groups excluding carboxylic acids is 1. The number of rotatable bonds is 7. The number of aromatic hydroxyl groups is 1. The molecular weight excluding hydrogens is 337 g/mol. The van der Waals surface area contributed by atoms with Crippen molar-refractivity contribution in [2.24, 2.45) is 5.41 Å². The molecule has 2 unspecified atom stereocenters. The van der Waals surface area contributed by atoms with Crippen LogP contribution in [0.1, 0.15) is 23.5 Å². The van der Waals surface area contributed by atoms with Crippen molar-refractivity contribution >= 4 is 5.91 Å². The molecule has 1 amide bonds. The predicted molar refractivity (Wildman–Crippen MR) is 94.6 cm³/mol. The lowest BCUT2D eigenvalue weighted by Crippen LogP contribution is -2.33. The van der Waals surface area contributed by atoms with E-state index in [9.17, 15) is 19.4 Å². The molecule has 5 nitrogen and oxygen atoms in total. The van der Waals surface area contributed by atoms with Gasteiger partial charge in [0.2, 0.25) is 5.91 Å². The zero-order chi connectivity index (χ0) is 18.7. The predicted octanol–water partition coefficient (Wildman–Crippen LogP) is 2.36. The number of benzene rings is 2. The summed E-state index contributed by atoms with van der Waals surface area (Å²) < 4.78 is 18.1. The monoisotopic (exact) mass is 359 g/mol. The third-order valence-corrected chi connectivity index (χ3v) is 5.02. The maximum Gasteiger partial charge on any atom is 0.224 e. The fourth-order valence-electron chi connectivity index (χ4n) is 3.29. The summed E-state index contributed by atoms with van der Waals surface area (Å²) in [5, 5.41) is 22.2. The molecule has 26 heavy (non-hydrogen) atoms. The van der Waals surface area contributed by atoms with Gasteiger partial charge in [0.15, 0.2) is 11.5 Å². The van der Waals surface area contributed by atoms with Crippen molar-refractivity contribution in [2.45, 2.75) is 18.8 Å². The summed E-state index contributed by atoms with van der Waals surface area (Å²) in [4.78, 5) is 12.2. The number of nitrogens with one attached hydrogen (secondary N) is 1. The molecule has 3 rings (SSSR count).